The summed E-state index contributed by atoms with van der Waals surface area (Å²) in [6, 6.07) is 7.39. The molecule has 0 saturated heterocycles. The van der Waals surface area contributed by atoms with Crippen LogP contribution in [0.5, 0.6) is 0 Å². The van der Waals surface area contributed by atoms with Crippen LogP contribution in [-0.4, -0.2) is 22.1 Å². The molecule has 0 aliphatic heterocycles. The number of aliphatic hydroxyl groups excluding tert-OH is 1. The Labute approximate surface area is 109 Å². The average molecular weight is 262 g/mol. The molecule has 2 aromatic rings. The van der Waals surface area contributed by atoms with Gasteiger partial charge in [0.05, 0.1) is 0 Å². The summed E-state index contributed by atoms with van der Waals surface area (Å²) in [6.45, 7) is 3.39. The van der Waals surface area contributed by atoms with E-state index in [9.17, 15) is 4.79 Å². The Balaban J connectivity index is 2.13. The fourth-order valence-electron chi connectivity index (χ4n) is 1.43. The highest BCUT2D eigenvalue weighted by Gasteiger charge is 2.09. The second kappa shape index (κ2) is 5.29. The van der Waals surface area contributed by atoms with Crippen molar-refractivity contribution in [2.45, 2.75) is 20.0 Å². The van der Waals surface area contributed by atoms with Crippen molar-refractivity contribution in [3.63, 3.8) is 0 Å². The van der Waals surface area contributed by atoms with E-state index in [0.717, 1.165) is 16.3 Å². The molecule has 1 heterocycles. The number of amides is 1. The number of anilines is 1. The number of thiazole rings is 1. The van der Waals surface area contributed by atoms with E-state index in [4.69, 9.17) is 5.11 Å². The van der Waals surface area contributed by atoms with Gasteiger partial charge in [0.1, 0.15) is 11.1 Å². The molecular formula is C13H14N2O2S. The van der Waals surface area contributed by atoms with E-state index in [2.05, 4.69) is 10.3 Å². The highest BCUT2D eigenvalue weighted by Crippen LogP contribution is 2.24. The fraction of sp³-hybridized carbons (Fsp3) is 0.231. The smallest absolute Gasteiger partial charge is 0.252 e. The SMILES string of the molecule is Cc1csc(-c2ccc(NC(=O)C(C)O)cc2)n1. The third-order valence-corrected chi connectivity index (χ3v) is 3.41. The lowest BCUT2D eigenvalue weighted by Crippen LogP contribution is -2.24. The van der Waals surface area contributed by atoms with Crippen LogP contribution in [0.3, 0.4) is 0 Å². The van der Waals surface area contributed by atoms with Crippen molar-refractivity contribution in [2.75, 3.05) is 5.32 Å². The van der Waals surface area contributed by atoms with E-state index in [-0.39, 0.29) is 0 Å². The molecule has 0 aliphatic rings. The van der Waals surface area contributed by atoms with Crippen LogP contribution in [0.25, 0.3) is 10.6 Å². The standard InChI is InChI=1S/C13H14N2O2S/c1-8-7-18-13(14-8)10-3-5-11(6-4-10)15-12(17)9(2)16/h3-7,9,16H,1-2H3,(H,15,17). The summed E-state index contributed by atoms with van der Waals surface area (Å²) in [7, 11) is 0. The molecule has 5 heteroatoms. The van der Waals surface area contributed by atoms with Gasteiger partial charge in [0.2, 0.25) is 0 Å². The normalized spacial score (nSPS) is 12.2. The maximum Gasteiger partial charge on any atom is 0.252 e. The Kier molecular flexibility index (Phi) is 3.74. The zero-order chi connectivity index (χ0) is 13.1. The molecule has 1 aromatic carbocycles. The number of carbonyl (C=O) groups is 1. The first-order chi connectivity index (χ1) is 8.56. The minimum Gasteiger partial charge on any atom is -0.384 e. The van der Waals surface area contributed by atoms with Gasteiger partial charge in [-0.25, -0.2) is 4.98 Å². The van der Waals surface area contributed by atoms with Crippen molar-refractivity contribution in [3.8, 4) is 10.6 Å². The molecule has 0 bridgehead atoms. The van der Waals surface area contributed by atoms with E-state index >= 15 is 0 Å². The number of nitrogens with one attached hydrogen (secondary N) is 1. The predicted molar refractivity (Wildman–Crippen MR) is 72.6 cm³/mol. The van der Waals surface area contributed by atoms with Gasteiger partial charge in [0.25, 0.3) is 5.91 Å². The van der Waals surface area contributed by atoms with E-state index < -0.39 is 12.0 Å². The molecule has 0 saturated carbocycles. The molecule has 18 heavy (non-hydrogen) atoms. The summed E-state index contributed by atoms with van der Waals surface area (Å²) in [5.74, 6) is -0.409. The van der Waals surface area contributed by atoms with Crippen molar-refractivity contribution < 1.29 is 9.90 Å². The first-order valence-corrected chi connectivity index (χ1v) is 6.46. The minimum absolute atomic E-state index is 0.409. The number of nitrogens with zero attached hydrogens (tertiary/aromatic N) is 1. The van der Waals surface area contributed by atoms with Crippen molar-refractivity contribution in [3.05, 3.63) is 35.3 Å². The van der Waals surface area contributed by atoms with Gasteiger partial charge in [0, 0.05) is 22.3 Å². The van der Waals surface area contributed by atoms with Gasteiger partial charge in [-0.15, -0.1) is 11.3 Å². The molecular weight excluding hydrogens is 248 g/mol. The van der Waals surface area contributed by atoms with Crippen LogP contribution in [0.4, 0.5) is 5.69 Å². The lowest BCUT2D eigenvalue weighted by molar-refractivity contribution is -0.123. The summed E-state index contributed by atoms with van der Waals surface area (Å²) in [5, 5.41) is 14.7. The third kappa shape index (κ3) is 2.94. The second-order valence-electron chi connectivity index (χ2n) is 4.04. The molecule has 1 aromatic heterocycles. The molecule has 0 spiro atoms. The van der Waals surface area contributed by atoms with Gasteiger partial charge >= 0.3 is 0 Å². The number of benzene rings is 1. The van der Waals surface area contributed by atoms with E-state index in [1.54, 1.807) is 23.5 Å². The first-order valence-electron chi connectivity index (χ1n) is 5.58. The topological polar surface area (TPSA) is 62.2 Å². The summed E-state index contributed by atoms with van der Waals surface area (Å²) >= 11 is 1.59. The Morgan fingerprint density at radius 2 is 2.06 bits per heavy atom. The van der Waals surface area contributed by atoms with E-state index in [1.807, 2.05) is 24.4 Å². The summed E-state index contributed by atoms with van der Waals surface area (Å²) < 4.78 is 0. The largest absolute Gasteiger partial charge is 0.384 e. The van der Waals surface area contributed by atoms with Crippen LogP contribution < -0.4 is 5.32 Å². The lowest BCUT2D eigenvalue weighted by Gasteiger charge is -2.07. The van der Waals surface area contributed by atoms with Crippen LogP contribution in [-0.2, 0) is 4.79 Å². The molecule has 2 N–H and O–H groups in total. The number of aromatic nitrogens is 1. The molecule has 4 nitrogen and oxygen atoms in total. The molecule has 1 unspecified atom stereocenters. The fourth-order valence-corrected chi connectivity index (χ4v) is 2.23. The maximum absolute atomic E-state index is 11.3. The lowest BCUT2D eigenvalue weighted by atomic mass is 10.2. The number of aryl methyl sites for hydroxylation is 1. The number of hydrogen-bond acceptors (Lipinski definition) is 4. The molecule has 1 atom stereocenters. The van der Waals surface area contributed by atoms with Crippen LogP contribution in [0, 0.1) is 6.92 Å². The van der Waals surface area contributed by atoms with E-state index in [0.29, 0.717) is 5.69 Å². The quantitative estimate of drug-likeness (QED) is 0.893. The van der Waals surface area contributed by atoms with E-state index in [1.165, 1.54) is 6.92 Å². The Bertz CT molecular complexity index is 546. The zero-order valence-electron chi connectivity index (χ0n) is 10.2. The predicted octanol–water partition coefficient (Wildman–Crippen LogP) is 2.44. The minimum atomic E-state index is -1.01. The van der Waals surface area contributed by atoms with Crippen LogP contribution in [0.15, 0.2) is 29.6 Å². The zero-order valence-corrected chi connectivity index (χ0v) is 11.0. The Morgan fingerprint density at radius 3 is 2.56 bits per heavy atom. The van der Waals surface area contributed by atoms with Gasteiger partial charge in [-0.2, -0.15) is 0 Å². The number of carbonyl (C=O) groups excluding carboxylic acids is 1. The maximum atomic E-state index is 11.3. The van der Waals surface area contributed by atoms with Crippen molar-refractivity contribution >= 4 is 22.9 Å². The van der Waals surface area contributed by atoms with Crippen molar-refractivity contribution in [1.29, 1.82) is 0 Å². The van der Waals surface area contributed by atoms with Gasteiger partial charge in [-0.3, -0.25) is 4.79 Å². The monoisotopic (exact) mass is 262 g/mol. The highest BCUT2D eigenvalue weighted by atomic mass is 32.1. The van der Waals surface area contributed by atoms with Gasteiger partial charge in [0.15, 0.2) is 0 Å². The molecule has 1 amide bonds. The second-order valence-corrected chi connectivity index (χ2v) is 4.89. The molecule has 2 rings (SSSR count). The van der Waals surface area contributed by atoms with Gasteiger partial charge < -0.3 is 10.4 Å². The van der Waals surface area contributed by atoms with Gasteiger partial charge in [-0.1, -0.05) is 0 Å². The molecule has 94 valence electrons. The van der Waals surface area contributed by atoms with Gasteiger partial charge in [-0.05, 0) is 38.1 Å². The summed E-state index contributed by atoms with van der Waals surface area (Å²) in [6.07, 6.45) is -1.01. The van der Waals surface area contributed by atoms with Crippen LogP contribution in [0.1, 0.15) is 12.6 Å². The molecule has 0 aliphatic carbocycles. The molecule has 0 fully saturated rings. The molecule has 0 radical (unpaired) electrons. The summed E-state index contributed by atoms with van der Waals surface area (Å²) in [5.41, 5.74) is 2.68. The van der Waals surface area contributed by atoms with Crippen LogP contribution in [0.2, 0.25) is 0 Å². The van der Waals surface area contributed by atoms with Crippen molar-refractivity contribution in [1.82, 2.24) is 4.98 Å². The number of aliphatic hydroxyl groups is 1. The average Bonchev–Trinajstić information content (AvgIpc) is 2.76. The summed E-state index contributed by atoms with van der Waals surface area (Å²) in [4.78, 5) is 15.7. The van der Waals surface area contributed by atoms with Crippen LogP contribution >= 0.6 is 11.3 Å². The first kappa shape index (κ1) is 12.7. The third-order valence-electron chi connectivity index (χ3n) is 2.40. The Hall–Kier alpha value is -1.72. The Morgan fingerprint density at radius 1 is 1.39 bits per heavy atom. The number of hydrogen-bond donors (Lipinski definition) is 2. The van der Waals surface area contributed by atoms with Crippen molar-refractivity contribution in [2.24, 2.45) is 0 Å². The number of rotatable bonds is 3. The highest BCUT2D eigenvalue weighted by molar-refractivity contribution is 7.13.